The third-order valence-corrected chi connectivity index (χ3v) is 7.24. The number of hydrogen-bond acceptors (Lipinski definition) is 9. The third kappa shape index (κ3) is 7.11. The summed E-state index contributed by atoms with van der Waals surface area (Å²) >= 11 is 0. The quantitative estimate of drug-likeness (QED) is 0.364. The number of anilines is 1. The van der Waals surface area contributed by atoms with Gasteiger partial charge < -0.3 is 24.6 Å². The van der Waals surface area contributed by atoms with E-state index in [0.29, 0.717) is 50.9 Å². The summed E-state index contributed by atoms with van der Waals surface area (Å²) < 4.78 is 89.5. The maximum absolute atomic E-state index is 13.5. The lowest BCUT2D eigenvalue weighted by Gasteiger charge is -2.37. The van der Waals surface area contributed by atoms with Crippen LogP contribution in [-0.2, 0) is 25.2 Å². The van der Waals surface area contributed by atoms with Gasteiger partial charge in [0, 0.05) is 51.8 Å². The summed E-state index contributed by atoms with van der Waals surface area (Å²) in [6.45, 7) is 1.12. The maximum atomic E-state index is 13.5. The highest BCUT2D eigenvalue weighted by Crippen LogP contribution is 2.31. The van der Waals surface area contributed by atoms with Crippen LogP contribution in [0.15, 0.2) is 12.4 Å². The molecule has 17 heteroatoms. The number of hydrazine groups is 1. The first-order valence-electron chi connectivity index (χ1n) is 12.8. The predicted octanol–water partition coefficient (Wildman–Crippen LogP) is 0.868. The number of ether oxygens (including phenoxy) is 2. The van der Waals surface area contributed by atoms with Crippen molar-refractivity contribution in [2.45, 2.75) is 55.8 Å². The summed E-state index contributed by atoms with van der Waals surface area (Å²) in [7, 11) is 1.38. The molecular formula is C23H31F6N7O4. The molecule has 3 N–H and O–H groups in total. The van der Waals surface area contributed by atoms with Gasteiger partial charge in [-0.15, -0.1) is 0 Å². The van der Waals surface area contributed by atoms with Crippen molar-refractivity contribution in [2.75, 3.05) is 51.4 Å². The molecule has 4 atom stereocenters. The zero-order chi connectivity index (χ0) is 29.1. The fraction of sp³-hybridized carbons (Fsp3) is 0.739. The first-order valence-corrected chi connectivity index (χ1v) is 12.8. The standard InChI is InChI=1S/C23H31F6N7O4/c1-39-11-13(33-15-8-32-34-20(37)19(15)23(27,28)29)12-40-16-4-7-36(21(16)38)14-2-5-35(6-3-14)18-10-30-17(9-31-18)22(24,25)26/h9-10,13-16,19,32-33H,2-8,11-12H2,1H3,(H,34,37)/t13-,15?,16-,19?/m0/s1. The van der Waals surface area contributed by atoms with Gasteiger partial charge in [0.25, 0.3) is 5.91 Å². The van der Waals surface area contributed by atoms with Crippen molar-refractivity contribution in [3.8, 4) is 0 Å². The van der Waals surface area contributed by atoms with Gasteiger partial charge >= 0.3 is 12.4 Å². The minimum Gasteiger partial charge on any atom is -0.383 e. The molecule has 0 aliphatic carbocycles. The predicted molar refractivity (Wildman–Crippen MR) is 127 cm³/mol. The Balaban J connectivity index is 1.27. The number of piperidine rings is 1. The van der Waals surface area contributed by atoms with E-state index < -0.39 is 48.1 Å². The molecule has 40 heavy (non-hydrogen) atoms. The van der Waals surface area contributed by atoms with Crippen molar-refractivity contribution in [2.24, 2.45) is 5.92 Å². The number of likely N-dealkylation sites (tertiary alicyclic amines) is 1. The lowest BCUT2D eigenvalue weighted by Crippen LogP contribution is -2.65. The zero-order valence-corrected chi connectivity index (χ0v) is 21.6. The number of methoxy groups -OCH3 is 1. The van der Waals surface area contributed by atoms with Crippen LogP contribution < -0.4 is 21.1 Å². The van der Waals surface area contributed by atoms with Gasteiger partial charge in [-0.25, -0.2) is 15.4 Å². The Morgan fingerprint density at radius 1 is 1.05 bits per heavy atom. The molecule has 0 spiro atoms. The number of rotatable bonds is 9. The van der Waals surface area contributed by atoms with Crippen molar-refractivity contribution in [1.29, 1.82) is 0 Å². The van der Waals surface area contributed by atoms with Crippen LogP contribution in [0.25, 0.3) is 0 Å². The Bertz CT molecular complexity index is 1020. The molecule has 0 aromatic carbocycles. The molecule has 11 nitrogen and oxygen atoms in total. The SMILES string of the molecule is COC[C@@H](CO[C@H]1CCN(C2CCN(c3cnc(C(F)(F)F)cn3)CC2)C1=O)NC1CNNC(=O)C1C(F)(F)F. The second-order valence-corrected chi connectivity index (χ2v) is 9.93. The molecule has 1 aromatic heterocycles. The van der Waals surface area contributed by atoms with E-state index in [9.17, 15) is 35.9 Å². The Morgan fingerprint density at radius 3 is 2.38 bits per heavy atom. The van der Waals surface area contributed by atoms with Crippen molar-refractivity contribution in [1.82, 2.24) is 31.0 Å². The highest BCUT2D eigenvalue weighted by molar-refractivity contribution is 5.83. The summed E-state index contributed by atoms with van der Waals surface area (Å²) in [6.07, 6.45) is -6.75. The monoisotopic (exact) mass is 583 g/mol. The van der Waals surface area contributed by atoms with Gasteiger partial charge in [-0.2, -0.15) is 26.3 Å². The van der Waals surface area contributed by atoms with Gasteiger partial charge in [0.15, 0.2) is 11.6 Å². The lowest BCUT2D eigenvalue weighted by atomic mass is 9.96. The molecule has 3 aliphatic rings. The lowest BCUT2D eigenvalue weighted by molar-refractivity contribution is -0.193. The molecule has 1 aromatic rings. The molecule has 4 rings (SSSR count). The number of amides is 2. The number of aromatic nitrogens is 2. The van der Waals surface area contributed by atoms with E-state index >= 15 is 0 Å². The molecular weight excluding hydrogens is 552 g/mol. The fourth-order valence-electron chi connectivity index (χ4n) is 5.27. The number of hydrogen-bond donors (Lipinski definition) is 3. The van der Waals surface area contributed by atoms with Crippen LogP contribution in [0.5, 0.6) is 0 Å². The van der Waals surface area contributed by atoms with Crippen LogP contribution in [0.1, 0.15) is 25.0 Å². The van der Waals surface area contributed by atoms with Gasteiger partial charge in [0.1, 0.15) is 11.9 Å². The Morgan fingerprint density at radius 2 is 1.77 bits per heavy atom. The number of nitrogens with zero attached hydrogens (tertiary/aromatic N) is 4. The molecule has 2 unspecified atom stereocenters. The van der Waals surface area contributed by atoms with Crippen molar-refractivity contribution < 1.29 is 45.4 Å². The summed E-state index contributed by atoms with van der Waals surface area (Å²) in [6, 6.07) is -2.05. The molecule has 0 radical (unpaired) electrons. The van der Waals surface area contributed by atoms with Crippen molar-refractivity contribution in [3.63, 3.8) is 0 Å². The topological polar surface area (TPSA) is 121 Å². The van der Waals surface area contributed by atoms with E-state index in [2.05, 4.69) is 20.7 Å². The average Bonchev–Trinajstić information content (AvgIpc) is 3.26. The van der Waals surface area contributed by atoms with Crippen LogP contribution in [0.4, 0.5) is 32.2 Å². The Kier molecular flexibility index (Phi) is 9.36. The minimum absolute atomic E-state index is 0.00137. The molecule has 4 heterocycles. The summed E-state index contributed by atoms with van der Waals surface area (Å²) in [5, 5.41) is 2.79. The first kappa shape index (κ1) is 30.2. The molecule has 3 saturated heterocycles. The van der Waals surface area contributed by atoms with Gasteiger partial charge in [-0.1, -0.05) is 0 Å². The van der Waals surface area contributed by atoms with Gasteiger partial charge in [-0.3, -0.25) is 15.0 Å². The highest BCUT2D eigenvalue weighted by Gasteiger charge is 2.51. The van der Waals surface area contributed by atoms with Gasteiger partial charge in [-0.05, 0) is 12.8 Å². The van der Waals surface area contributed by atoms with E-state index in [0.717, 1.165) is 6.20 Å². The zero-order valence-electron chi connectivity index (χ0n) is 21.6. The smallest absolute Gasteiger partial charge is 0.383 e. The van der Waals surface area contributed by atoms with E-state index in [1.54, 1.807) is 4.90 Å². The Labute approximate surface area is 225 Å². The summed E-state index contributed by atoms with van der Waals surface area (Å²) in [5.74, 6) is -3.34. The van der Waals surface area contributed by atoms with Gasteiger partial charge in [0.05, 0.1) is 31.6 Å². The molecule has 3 fully saturated rings. The van der Waals surface area contributed by atoms with Crippen LogP contribution in [-0.4, -0.2) is 104 Å². The second-order valence-electron chi connectivity index (χ2n) is 9.93. The van der Waals surface area contributed by atoms with Crippen LogP contribution >= 0.6 is 0 Å². The first-order chi connectivity index (χ1) is 18.9. The van der Waals surface area contributed by atoms with E-state index in [1.165, 1.54) is 7.11 Å². The van der Waals surface area contributed by atoms with Crippen LogP contribution in [0.3, 0.4) is 0 Å². The van der Waals surface area contributed by atoms with E-state index in [-0.39, 0.29) is 31.7 Å². The molecule has 2 amide bonds. The Hall–Kier alpha value is -2.76. The van der Waals surface area contributed by atoms with Crippen molar-refractivity contribution >= 4 is 17.6 Å². The number of alkyl halides is 6. The average molecular weight is 584 g/mol. The summed E-state index contributed by atoms with van der Waals surface area (Å²) in [5.41, 5.74) is 3.38. The number of nitrogens with one attached hydrogen (secondary N) is 3. The highest BCUT2D eigenvalue weighted by atomic mass is 19.4. The van der Waals surface area contributed by atoms with Crippen LogP contribution in [0, 0.1) is 5.92 Å². The van der Waals surface area contributed by atoms with Gasteiger partial charge in [0.2, 0.25) is 5.91 Å². The normalized spacial score (nSPS) is 25.8. The number of carbonyl (C=O) groups excluding carboxylic acids is 2. The maximum Gasteiger partial charge on any atom is 0.434 e. The van der Waals surface area contributed by atoms with E-state index in [1.807, 2.05) is 10.3 Å². The number of carbonyl (C=O) groups is 2. The second kappa shape index (κ2) is 12.4. The van der Waals surface area contributed by atoms with E-state index in [4.69, 9.17) is 9.47 Å². The van der Waals surface area contributed by atoms with Crippen LogP contribution in [0.2, 0.25) is 0 Å². The third-order valence-electron chi connectivity index (χ3n) is 7.24. The molecule has 0 saturated carbocycles. The molecule has 0 bridgehead atoms. The number of halogens is 6. The molecule has 3 aliphatic heterocycles. The fourth-order valence-corrected chi connectivity index (χ4v) is 5.27. The molecule has 224 valence electrons. The van der Waals surface area contributed by atoms with Crippen molar-refractivity contribution in [3.05, 3.63) is 18.1 Å². The largest absolute Gasteiger partial charge is 0.434 e. The minimum atomic E-state index is -4.75. The summed E-state index contributed by atoms with van der Waals surface area (Å²) in [4.78, 5) is 35.8.